The minimum atomic E-state index is -2.98. The first kappa shape index (κ1) is 45.3. The molecular formula is C66H60N4OSi. The van der Waals surface area contributed by atoms with Crippen LogP contribution in [0.1, 0.15) is 79.0 Å². The van der Waals surface area contributed by atoms with E-state index in [0.29, 0.717) is 11.4 Å². The molecule has 0 fully saturated rings. The number of hydrogen-bond acceptors (Lipinski definition) is 3. The van der Waals surface area contributed by atoms with Gasteiger partial charge in [-0.25, -0.2) is 9.97 Å². The lowest BCUT2D eigenvalue weighted by molar-refractivity contribution is 0.477. The van der Waals surface area contributed by atoms with Crippen LogP contribution < -0.4 is 20.7 Å². The molecule has 1 aliphatic rings. The molecule has 0 spiro atoms. The number of nitrogens with zero attached hydrogens (tertiary/aromatic N) is 4. The number of phenolic OH excluding ortho intramolecular Hbond substituents is 1. The van der Waals surface area contributed by atoms with Gasteiger partial charge >= 0.3 is 0 Å². The number of rotatable bonds is 6. The van der Waals surface area contributed by atoms with Crippen LogP contribution in [0.15, 0.2) is 194 Å². The Morgan fingerprint density at radius 2 is 1.06 bits per heavy atom. The Bertz CT molecular complexity index is 3860. The second kappa shape index (κ2) is 16.4. The summed E-state index contributed by atoms with van der Waals surface area (Å²) < 4.78 is 4.70. The maximum absolute atomic E-state index is 11.5. The number of para-hydroxylation sites is 3. The molecule has 11 aromatic rings. The van der Waals surface area contributed by atoms with Crippen molar-refractivity contribution in [2.75, 3.05) is 0 Å². The number of phenols is 1. The molecule has 3 aromatic heterocycles. The second-order valence-electron chi connectivity index (χ2n) is 22.9. The predicted molar refractivity (Wildman–Crippen MR) is 304 cm³/mol. The van der Waals surface area contributed by atoms with Gasteiger partial charge in [0.1, 0.15) is 17.4 Å². The minimum absolute atomic E-state index is 0.0218. The molecule has 6 heteroatoms. The number of hydrogen-bond donors (Lipinski definition) is 1. The van der Waals surface area contributed by atoms with Crippen molar-refractivity contribution in [1.29, 1.82) is 0 Å². The van der Waals surface area contributed by atoms with Crippen molar-refractivity contribution >= 4 is 61.7 Å². The third kappa shape index (κ3) is 7.02. The first-order chi connectivity index (χ1) is 34.5. The van der Waals surface area contributed by atoms with Gasteiger partial charge in [-0.1, -0.05) is 208 Å². The number of imidazole rings is 1. The van der Waals surface area contributed by atoms with Gasteiger partial charge in [-0.15, -0.1) is 0 Å². The molecule has 1 N–H and O–H groups in total. The van der Waals surface area contributed by atoms with E-state index in [9.17, 15) is 5.11 Å². The van der Waals surface area contributed by atoms with Crippen LogP contribution in [-0.4, -0.2) is 32.3 Å². The fourth-order valence-corrected chi connectivity index (χ4v) is 16.5. The van der Waals surface area contributed by atoms with Gasteiger partial charge < -0.3 is 5.11 Å². The molecule has 354 valence electrons. The zero-order chi connectivity index (χ0) is 49.9. The average molecular weight is 953 g/mol. The molecule has 1 aliphatic heterocycles. The molecular weight excluding hydrogens is 893 g/mol. The van der Waals surface area contributed by atoms with E-state index in [1.807, 2.05) is 24.4 Å². The predicted octanol–water partition coefficient (Wildman–Crippen LogP) is 13.8. The molecule has 4 heterocycles. The minimum Gasteiger partial charge on any atom is -0.507 e. The van der Waals surface area contributed by atoms with E-state index < -0.39 is 8.07 Å². The van der Waals surface area contributed by atoms with Crippen molar-refractivity contribution in [3.05, 3.63) is 211 Å². The Hall–Kier alpha value is -7.80. The van der Waals surface area contributed by atoms with Gasteiger partial charge in [-0.05, 0) is 107 Å². The lowest BCUT2D eigenvalue weighted by Crippen LogP contribution is -2.76. The highest BCUT2D eigenvalue weighted by Gasteiger charge is 2.48. The number of aromatic nitrogens is 4. The lowest BCUT2D eigenvalue weighted by Gasteiger charge is -2.39. The Morgan fingerprint density at radius 3 is 1.72 bits per heavy atom. The average Bonchev–Trinajstić information content (AvgIpc) is 3.93. The summed E-state index contributed by atoms with van der Waals surface area (Å²) in [5.74, 6) is 1.84. The molecule has 72 heavy (non-hydrogen) atoms. The highest BCUT2D eigenvalue weighted by atomic mass is 28.3. The van der Waals surface area contributed by atoms with Gasteiger partial charge in [0.2, 0.25) is 0 Å². The Kier molecular flexibility index (Phi) is 10.3. The van der Waals surface area contributed by atoms with E-state index in [1.165, 1.54) is 53.7 Å². The standard InChI is InChI=1S/C66H60N4OSi/c1-64(2,3)44-28-33-47(34-29-44)72(48-35-30-45(31-36-48)65(4,5)6)58-25-16-22-51-50-37-27-43(40-56(50)70(61(51)58)63-59(72)26-17-39-67-63)49-21-15-23-55-60(49)68-62(52-20-13-14-24-57(52)71)69(55)54-38-32-46(66(7,8)9)41-53(54)42-18-11-10-12-19-42/h10-41,71H,1-9H3. The lowest BCUT2D eigenvalue weighted by atomic mass is 9.85. The van der Waals surface area contributed by atoms with Crippen LogP contribution in [0.3, 0.4) is 0 Å². The van der Waals surface area contributed by atoms with Crippen LogP contribution in [0.5, 0.6) is 5.75 Å². The molecule has 0 bridgehead atoms. The summed E-state index contributed by atoms with van der Waals surface area (Å²) in [6, 6.07) is 68.9. The van der Waals surface area contributed by atoms with Crippen molar-refractivity contribution in [3.8, 4) is 50.9 Å². The van der Waals surface area contributed by atoms with Gasteiger partial charge in [-0.2, -0.15) is 0 Å². The normalized spacial score (nSPS) is 13.5. The first-order valence-corrected chi connectivity index (χ1v) is 27.3. The topological polar surface area (TPSA) is 55.9 Å². The maximum atomic E-state index is 11.5. The molecule has 8 aromatic carbocycles. The summed E-state index contributed by atoms with van der Waals surface area (Å²) in [5.41, 5.74) is 13.9. The molecule has 0 aliphatic carbocycles. The maximum Gasteiger partial charge on any atom is 0.186 e. The smallest absolute Gasteiger partial charge is 0.186 e. The van der Waals surface area contributed by atoms with Gasteiger partial charge in [0.25, 0.3) is 0 Å². The van der Waals surface area contributed by atoms with Crippen molar-refractivity contribution in [3.63, 3.8) is 0 Å². The van der Waals surface area contributed by atoms with Gasteiger partial charge in [-0.3, -0.25) is 9.13 Å². The molecule has 0 unspecified atom stereocenters. The Morgan fingerprint density at radius 1 is 0.444 bits per heavy atom. The van der Waals surface area contributed by atoms with Crippen LogP contribution in [0.25, 0.3) is 78.0 Å². The number of pyridine rings is 1. The zero-order valence-electron chi connectivity index (χ0n) is 42.7. The fourth-order valence-electron chi connectivity index (χ4n) is 11.5. The summed E-state index contributed by atoms with van der Waals surface area (Å²) in [6.07, 6.45) is 1.96. The van der Waals surface area contributed by atoms with Crippen LogP contribution >= 0.6 is 0 Å². The molecule has 0 atom stereocenters. The summed E-state index contributed by atoms with van der Waals surface area (Å²) in [6.45, 7) is 20.5. The summed E-state index contributed by atoms with van der Waals surface area (Å²) in [7, 11) is -2.98. The van der Waals surface area contributed by atoms with E-state index in [-0.39, 0.29) is 22.0 Å². The molecule has 0 saturated carbocycles. The van der Waals surface area contributed by atoms with Crippen molar-refractivity contribution in [2.24, 2.45) is 0 Å². The molecule has 0 amide bonds. The van der Waals surface area contributed by atoms with Crippen molar-refractivity contribution in [2.45, 2.75) is 78.6 Å². The molecule has 5 nitrogen and oxygen atoms in total. The monoisotopic (exact) mass is 952 g/mol. The molecule has 0 radical (unpaired) electrons. The molecule has 12 rings (SSSR count). The van der Waals surface area contributed by atoms with Crippen LogP contribution in [-0.2, 0) is 16.2 Å². The highest BCUT2D eigenvalue weighted by molar-refractivity contribution is 7.21. The van der Waals surface area contributed by atoms with E-state index in [2.05, 4.69) is 235 Å². The second-order valence-corrected chi connectivity index (χ2v) is 26.6. The summed E-state index contributed by atoms with van der Waals surface area (Å²) in [4.78, 5) is 10.9. The van der Waals surface area contributed by atoms with Gasteiger partial charge in [0.05, 0.1) is 33.3 Å². The van der Waals surface area contributed by atoms with E-state index in [0.717, 1.165) is 50.3 Å². The van der Waals surface area contributed by atoms with Crippen molar-refractivity contribution < 1.29 is 5.11 Å². The largest absolute Gasteiger partial charge is 0.507 e. The number of benzene rings is 8. The van der Waals surface area contributed by atoms with Crippen LogP contribution in [0.2, 0.25) is 0 Å². The highest BCUT2D eigenvalue weighted by Crippen LogP contribution is 2.43. The third-order valence-electron chi connectivity index (χ3n) is 15.3. The fraction of sp³-hybridized carbons (Fsp3) is 0.182. The van der Waals surface area contributed by atoms with Gasteiger partial charge in [0, 0.05) is 28.1 Å². The Balaban J connectivity index is 1.12. The SMILES string of the molecule is CC(C)(C)c1ccc([Si]2(c3ccc(C(C)(C)C)cc3)c3cccnc3-n3c4cc(-c5cccc6c5nc(-c5ccccc5O)n6-c5ccc(C(C)(C)C)cc5-c5ccccc5)ccc4c4cccc2c43)cc1. The van der Waals surface area contributed by atoms with E-state index in [1.54, 1.807) is 6.07 Å². The Labute approximate surface area is 424 Å². The van der Waals surface area contributed by atoms with Gasteiger partial charge in [0.15, 0.2) is 8.07 Å². The number of fused-ring (bicyclic) bond motifs is 6. The van der Waals surface area contributed by atoms with Crippen LogP contribution in [0.4, 0.5) is 0 Å². The third-order valence-corrected chi connectivity index (χ3v) is 20.1. The summed E-state index contributed by atoms with van der Waals surface area (Å²) >= 11 is 0. The number of aromatic hydroxyl groups is 1. The molecule has 0 saturated heterocycles. The van der Waals surface area contributed by atoms with E-state index >= 15 is 0 Å². The first-order valence-electron chi connectivity index (χ1n) is 25.3. The van der Waals surface area contributed by atoms with Crippen molar-refractivity contribution in [1.82, 2.24) is 19.1 Å². The zero-order valence-corrected chi connectivity index (χ0v) is 43.7. The summed E-state index contributed by atoms with van der Waals surface area (Å²) in [5, 5.41) is 19.3. The quantitative estimate of drug-likeness (QED) is 0.169. The van der Waals surface area contributed by atoms with E-state index in [4.69, 9.17) is 9.97 Å². The van der Waals surface area contributed by atoms with Crippen LogP contribution in [0, 0.1) is 0 Å².